The number of nitrogens with zero attached hydrogens (tertiary/aromatic N) is 1. The van der Waals surface area contributed by atoms with Crippen molar-refractivity contribution in [3.63, 3.8) is 0 Å². The molecule has 4 nitrogen and oxygen atoms in total. The lowest BCUT2D eigenvalue weighted by Crippen LogP contribution is -2.44. The summed E-state index contributed by atoms with van der Waals surface area (Å²) in [4.78, 5) is 15.5. The summed E-state index contributed by atoms with van der Waals surface area (Å²) in [7, 11) is 0. The molecule has 2 aliphatic rings. The minimum absolute atomic E-state index is 0.106. The van der Waals surface area contributed by atoms with Crippen LogP contribution in [0.25, 0.3) is 0 Å². The van der Waals surface area contributed by atoms with Gasteiger partial charge in [-0.15, -0.1) is 0 Å². The first-order valence-corrected chi connectivity index (χ1v) is 9.35. The highest BCUT2D eigenvalue weighted by atomic mass is 16.7. The van der Waals surface area contributed by atoms with Gasteiger partial charge in [-0.3, -0.25) is 9.69 Å². The second-order valence-electron chi connectivity index (χ2n) is 7.18. The number of likely N-dealkylation sites (tertiary alicyclic amines) is 1. The van der Waals surface area contributed by atoms with Gasteiger partial charge in [-0.05, 0) is 18.1 Å². The number of benzene rings is 2. The summed E-state index contributed by atoms with van der Waals surface area (Å²) >= 11 is 0. The molecule has 0 aromatic heterocycles. The summed E-state index contributed by atoms with van der Waals surface area (Å²) < 4.78 is 11.6. The van der Waals surface area contributed by atoms with Crippen LogP contribution < -0.4 is 0 Å². The second kappa shape index (κ2) is 7.31. The van der Waals surface area contributed by atoms with Crippen LogP contribution in [0.4, 0.5) is 0 Å². The Morgan fingerprint density at radius 3 is 2.27 bits per heavy atom. The van der Waals surface area contributed by atoms with Gasteiger partial charge in [0.1, 0.15) is 0 Å². The molecule has 2 aromatic carbocycles. The summed E-state index contributed by atoms with van der Waals surface area (Å²) in [6.45, 7) is 6.02. The van der Waals surface area contributed by atoms with Gasteiger partial charge in [0.2, 0.25) is 0 Å². The number of piperidine rings is 1. The van der Waals surface area contributed by atoms with Crippen LogP contribution >= 0.6 is 0 Å². The smallest absolute Gasteiger partial charge is 0.193 e. The van der Waals surface area contributed by atoms with E-state index in [0.717, 1.165) is 54.7 Å². The van der Waals surface area contributed by atoms with Crippen molar-refractivity contribution < 1.29 is 14.3 Å². The molecule has 2 aromatic rings. The highest BCUT2D eigenvalue weighted by Crippen LogP contribution is 2.32. The summed E-state index contributed by atoms with van der Waals surface area (Å²) in [5.41, 5.74) is 3.69. The fourth-order valence-electron chi connectivity index (χ4n) is 3.93. The molecule has 0 bridgehead atoms. The van der Waals surface area contributed by atoms with Crippen molar-refractivity contribution in [2.24, 2.45) is 0 Å². The lowest BCUT2D eigenvalue weighted by atomic mass is 9.94. The summed E-state index contributed by atoms with van der Waals surface area (Å²) in [6, 6.07) is 15.8. The number of aryl methyl sites for hydroxylation is 1. The predicted molar refractivity (Wildman–Crippen MR) is 100 cm³/mol. The fraction of sp³-hybridized carbons (Fsp3) is 0.409. The molecule has 4 heteroatoms. The molecule has 2 saturated heterocycles. The Morgan fingerprint density at radius 1 is 0.962 bits per heavy atom. The molecule has 0 unspecified atom stereocenters. The number of hydrogen-bond donors (Lipinski definition) is 0. The Kier molecular flexibility index (Phi) is 4.90. The van der Waals surface area contributed by atoms with E-state index in [1.54, 1.807) is 0 Å². The zero-order chi connectivity index (χ0) is 18.0. The Morgan fingerprint density at radius 2 is 1.58 bits per heavy atom. The normalized spacial score (nSPS) is 19.7. The van der Waals surface area contributed by atoms with Crippen LogP contribution in [0.3, 0.4) is 0 Å². The van der Waals surface area contributed by atoms with Crippen molar-refractivity contribution in [3.05, 3.63) is 70.8 Å². The Balaban J connectivity index is 1.50. The molecular formula is C22H25NO3. The van der Waals surface area contributed by atoms with Crippen molar-refractivity contribution in [2.45, 2.75) is 32.1 Å². The van der Waals surface area contributed by atoms with Crippen molar-refractivity contribution in [1.29, 1.82) is 0 Å². The number of rotatable bonds is 4. The third-order valence-corrected chi connectivity index (χ3v) is 5.48. The minimum Gasteiger partial charge on any atom is -0.347 e. The van der Waals surface area contributed by atoms with E-state index in [-0.39, 0.29) is 11.6 Å². The standard InChI is InChI=1S/C22H25NO3/c1-17-6-2-4-8-19(17)21(24)20-9-5-3-7-18(20)16-23-12-10-22(11-13-23)25-14-15-26-22/h2-9H,10-16H2,1H3. The Labute approximate surface area is 154 Å². The van der Waals surface area contributed by atoms with Gasteiger partial charge in [-0.25, -0.2) is 0 Å². The lowest BCUT2D eigenvalue weighted by Gasteiger charge is -2.37. The van der Waals surface area contributed by atoms with Gasteiger partial charge >= 0.3 is 0 Å². The maximum Gasteiger partial charge on any atom is 0.193 e. The summed E-state index contributed by atoms with van der Waals surface area (Å²) in [5.74, 6) is -0.248. The first-order chi connectivity index (χ1) is 12.7. The van der Waals surface area contributed by atoms with E-state index < -0.39 is 0 Å². The molecular weight excluding hydrogens is 326 g/mol. The molecule has 2 aliphatic heterocycles. The molecule has 0 atom stereocenters. The van der Waals surface area contributed by atoms with Gasteiger partial charge in [0, 0.05) is 43.6 Å². The number of carbonyl (C=O) groups is 1. The van der Waals surface area contributed by atoms with Crippen LogP contribution in [0.1, 0.15) is 39.9 Å². The van der Waals surface area contributed by atoms with Crippen molar-refractivity contribution >= 4 is 5.78 Å². The first kappa shape index (κ1) is 17.4. The third-order valence-electron chi connectivity index (χ3n) is 5.48. The Bertz CT molecular complexity index is 785. The van der Waals surface area contributed by atoms with E-state index in [1.165, 1.54) is 0 Å². The summed E-state index contributed by atoms with van der Waals surface area (Å²) in [5, 5.41) is 0. The molecule has 2 heterocycles. The number of ether oxygens (including phenoxy) is 2. The molecule has 0 N–H and O–H groups in total. The number of ketones is 1. The second-order valence-corrected chi connectivity index (χ2v) is 7.18. The predicted octanol–water partition coefficient (Wildman–Crippen LogP) is 3.56. The average molecular weight is 351 g/mol. The van der Waals surface area contributed by atoms with E-state index in [0.29, 0.717) is 13.2 Å². The van der Waals surface area contributed by atoms with Crippen molar-refractivity contribution in [1.82, 2.24) is 4.90 Å². The molecule has 136 valence electrons. The average Bonchev–Trinajstić information content (AvgIpc) is 3.12. The van der Waals surface area contributed by atoms with E-state index in [4.69, 9.17) is 9.47 Å². The highest BCUT2D eigenvalue weighted by molar-refractivity contribution is 6.10. The SMILES string of the molecule is Cc1ccccc1C(=O)c1ccccc1CN1CCC2(CC1)OCCO2. The van der Waals surface area contributed by atoms with Crippen LogP contribution in [0.15, 0.2) is 48.5 Å². The zero-order valence-electron chi connectivity index (χ0n) is 15.2. The van der Waals surface area contributed by atoms with Gasteiger partial charge < -0.3 is 9.47 Å². The molecule has 1 spiro atoms. The minimum atomic E-state index is -0.354. The topological polar surface area (TPSA) is 38.8 Å². The molecule has 2 fully saturated rings. The van der Waals surface area contributed by atoms with Gasteiger partial charge in [0.15, 0.2) is 11.6 Å². The molecule has 26 heavy (non-hydrogen) atoms. The summed E-state index contributed by atoms with van der Waals surface area (Å²) in [6.07, 6.45) is 1.78. The van der Waals surface area contributed by atoms with Gasteiger partial charge in [0.25, 0.3) is 0 Å². The van der Waals surface area contributed by atoms with Crippen LogP contribution in [0, 0.1) is 6.92 Å². The largest absolute Gasteiger partial charge is 0.347 e. The molecule has 0 radical (unpaired) electrons. The van der Waals surface area contributed by atoms with Crippen LogP contribution in [-0.2, 0) is 16.0 Å². The molecule has 4 rings (SSSR count). The maximum atomic E-state index is 13.1. The van der Waals surface area contributed by atoms with Gasteiger partial charge in [-0.2, -0.15) is 0 Å². The zero-order valence-corrected chi connectivity index (χ0v) is 15.2. The van der Waals surface area contributed by atoms with Crippen molar-refractivity contribution in [2.75, 3.05) is 26.3 Å². The maximum absolute atomic E-state index is 13.1. The monoisotopic (exact) mass is 351 g/mol. The van der Waals surface area contributed by atoms with Gasteiger partial charge in [-0.1, -0.05) is 48.5 Å². The number of carbonyl (C=O) groups excluding carboxylic acids is 1. The first-order valence-electron chi connectivity index (χ1n) is 9.35. The van der Waals surface area contributed by atoms with E-state index in [2.05, 4.69) is 11.0 Å². The van der Waals surface area contributed by atoms with Crippen LogP contribution in [0.2, 0.25) is 0 Å². The van der Waals surface area contributed by atoms with Crippen LogP contribution in [0.5, 0.6) is 0 Å². The lowest BCUT2D eigenvalue weighted by molar-refractivity contribution is -0.185. The Hall–Kier alpha value is -2.01. The van der Waals surface area contributed by atoms with Crippen molar-refractivity contribution in [3.8, 4) is 0 Å². The van der Waals surface area contributed by atoms with E-state index >= 15 is 0 Å². The quantitative estimate of drug-likeness (QED) is 0.790. The molecule has 0 saturated carbocycles. The van der Waals surface area contributed by atoms with Gasteiger partial charge in [0.05, 0.1) is 13.2 Å². The van der Waals surface area contributed by atoms with Crippen LogP contribution in [-0.4, -0.2) is 42.8 Å². The van der Waals surface area contributed by atoms with E-state index in [1.807, 2.05) is 49.4 Å². The molecule has 0 amide bonds. The van der Waals surface area contributed by atoms with E-state index in [9.17, 15) is 4.79 Å². The third kappa shape index (κ3) is 3.45. The highest BCUT2D eigenvalue weighted by Gasteiger charge is 2.39. The number of hydrogen-bond acceptors (Lipinski definition) is 4. The fourth-order valence-corrected chi connectivity index (χ4v) is 3.93. The molecule has 0 aliphatic carbocycles.